The minimum atomic E-state index is -3.73. The molecule has 2 N–H and O–H groups in total. The molecule has 2 aromatic heterocycles. The molecule has 0 atom stereocenters. The summed E-state index contributed by atoms with van der Waals surface area (Å²) >= 11 is 3.24. The molecule has 0 bridgehead atoms. The highest BCUT2D eigenvalue weighted by atomic mass is 79.9. The van der Waals surface area contributed by atoms with Crippen molar-refractivity contribution in [2.24, 2.45) is 0 Å². The van der Waals surface area contributed by atoms with Crippen LogP contribution < -0.4 is 10.0 Å². The van der Waals surface area contributed by atoms with E-state index in [-0.39, 0.29) is 10.7 Å². The smallest absolute Gasteiger partial charge is 0.266 e. The summed E-state index contributed by atoms with van der Waals surface area (Å²) in [4.78, 5) is 8.11. The van der Waals surface area contributed by atoms with E-state index in [1.807, 2.05) is 6.92 Å². The van der Waals surface area contributed by atoms with Gasteiger partial charge in [0.25, 0.3) is 10.0 Å². The lowest BCUT2D eigenvalue weighted by Crippen LogP contribution is -2.16. The van der Waals surface area contributed by atoms with Gasteiger partial charge in [0, 0.05) is 23.4 Å². The predicted molar refractivity (Wildman–Crippen MR) is 81.1 cm³/mol. The van der Waals surface area contributed by atoms with E-state index in [0.29, 0.717) is 12.4 Å². The number of hydrogen-bond donors (Lipinski definition) is 2. The Balaban J connectivity index is 2.33. The second-order valence-corrected chi connectivity index (χ2v) is 6.41. The highest BCUT2D eigenvalue weighted by Gasteiger charge is 2.19. The molecule has 2 rings (SSSR count). The number of aromatic nitrogens is 2. The second-order valence-electron chi connectivity index (χ2n) is 3.85. The van der Waals surface area contributed by atoms with Gasteiger partial charge >= 0.3 is 0 Å². The highest BCUT2D eigenvalue weighted by Crippen LogP contribution is 2.21. The molecule has 0 aliphatic heterocycles. The van der Waals surface area contributed by atoms with E-state index in [4.69, 9.17) is 0 Å². The predicted octanol–water partition coefficient (Wildman–Crippen LogP) is 2.47. The van der Waals surface area contributed by atoms with Crippen molar-refractivity contribution in [3.8, 4) is 0 Å². The first-order chi connectivity index (χ1) is 9.53. The zero-order valence-corrected chi connectivity index (χ0v) is 13.1. The maximum Gasteiger partial charge on any atom is 0.266 e. The van der Waals surface area contributed by atoms with Gasteiger partial charge in [-0.3, -0.25) is 4.72 Å². The third-order valence-electron chi connectivity index (χ3n) is 2.37. The van der Waals surface area contributed by atoms with Crippen molar-refractivity contribution in [3.63, 3.8) is 0 Å². The average Bonchev–Trinajstić information content (AvgIpc) is 2.42. The number of anilines is 2. The molecule has 106 valence electrons. The van der Waals surface area contributed by atoms with Gasteiger partial charge in [0.1, 0.15) is 16.5 Å². The zero-order valence-electron chi connectivity index (χ0n) is 10.7. The SMILES string of the molecule is CCNc1ncccc1S(=O)(=O)Nc1ccc(Br)cn1. The molecule has 0 aliphatic rings. The molecule has 0 aliphatic carbocycles. The number of halogens is 1. The number of pyridine rings is 2. The Morgan fingerprint density at radius 2 is 2.05 bits per heavy atom. The van der Waals surface area contributed by atoms with Crippen LogP contribution in [0.5, 0.6) is 0 Å². The lowest BCUT2D eigenvalue weighted by atomic mass is 10.4. The van der Waals surface area contributed by atoms with Crippen molar-refractivity contribution >= 4 is 37.6 Å². The van der Waals surface area contributed by atoms with E-state index < -0.39 is 10.0 Å². The number of rotatable bonds is 5. The maximum absolute atomic E-state index is 12.3. The minimum Gasteiger partial charge on any atom is -0.369 e. The van der Waals surface area contributed by atoms with Gasteiger partial charge in [-0.15, -0.1) is 0 Å². The van der Waals surface area contributed by atoms with Crippen molar-refractivity contribution in [2.45, 2.75) is 11.8 Å². The van der Waals surface area contributed by atoms with E-state index in [9.17, 15) is 8.42 Å². The molecule has 0 spiro atoms. The van der Waals surface area contributed by atoms with E-state index >= 15 is 0 Å². The van der Waals surface area contributed by atoms with Gasteiger partial charge in [0.05, 0.1) is 0 Å². The molecule has 6 nitrogen and oxygen atoms in total. The second kappa shape index (κ2) is 6.19. The van der Waals surface area contributed by atoms with Crippen molar-refractivity contribution < 1.29 is 8.42 Å². The molecule has 2 heterocycles. The van der Waals surface area contributed by atoms with Crippen LogP contribution in [0.3, 0.4) is 0 Å². The molecule has 0 saturated carbocycles. The van der Waals surface area contributed by atoms with Gasteiger partial charge in [-0.2, -0.15) is 0 Å². The highest BCUT2D eigenvalue weighted by molar-refractivity contribution is 9.10. The number of sulfonamides is 1. The summed E-state index contributed by atoms with van der Waals surface area (Å²) in [6.07, 6.45) is 3.06. The molecule has 0 amide bonds. The van der Waals surface area contributed by atoms with Crippen molar-refractivity contribution in [1.29, 1.82) is 0 Å². The van der Waals surface area contributed by atoms with Gasteiger partial charge < -0.3 is 5.32 Å². The van der Waals surface area contributed by atoms with Crippen molar-refractivity contribution in [1.82, 2.24) is 9.97 Å². The topological polar surface area (TPSA) is 84.0 Å². The van der Waals surface area contributed by atoms with Crippen LogP contribution in [0.4, 0.5) is 11.6 Å². The first-order valence-corrected chi connectivity index (χ1v) is 8.14. The fourth-order valence-corrected chi connectivity index (χ4v) is 2.91. The Hall–Kier alpha value is -1.67. The summed E-state index contributed by atoms with van der Waals surface area (Å²) in [6, 6.07) is 6.35. The van der Waals surface area contributed by atoms with Gasteiger partial charge in [0.15, 0.2) is 0 Å². The fourth-order valence-electron chi connectivity index (χ4n) is 1.54. The third kappa shape index (κ3) is 3.45. The molecule has 0 radical (unpaired) electrons. The first-order valence-electron chi connectivity index (χ1n) is 5.86. The molecule has 2 aromatic rings. The van der Waals surface area contributed by atoms with Gasteiger partial charge in [0.2, 0.25) is 0 Å². The van der Waals surface area contributed by atoms with Gasteiger partial charge in [-0.05, 0) is 47.1 Å². The normalized spacial score (nSPS) is 11.1. The van der Waals surface area contributed by atoms with Crippen LogP contribution >= 0.6 is 15.9 Å². The Morgan fingerprint density at radius 1 is 1.25 bits per heavy atom. The summed E-state index contributed by atoms with van der Waals surface area (Å²) < 4.78 is 27.9. The molecule has 0 unspecified atom stereocenters. The van der Waals surface area contributed by atoms with E-state index in [2.05, 4.69) is 35.9 Å². The fraction of sp³-hybridized carbons (Fsp3) is 0.167. The minimum absolute atomic E-state index is 0.0894. The lowest BCUT2D eigenvalue weighted by Gasteiger charge is -2.11. The van der Waals surface area contributed by atoms with Crippen molar-refractivity contribution in [3.05, 3.63) is 41.1 Å². The molecule has 0 fully saturated rings. The molecular weight excluding hydrogens is 344 g/mol. The standard InChI is InChI=1S/C12H13BrN4O2S/c1-2-14-12-10(4-3-7-15-12)20(18,19)17-11-6-5-9(13)8-16-11/h3-8H,2H2,1H3,(H,14,15)(H,16,17). The Morgan fingerprint density at radius 3 is 2.70 bits per heavy atom. The largest absolute Gasteiger partial charge is 0.369 e. The van der Waals surface area contributed by atoms with E-state index in [1.54, 1.807) is 18.2 Å². The monoisotopic (exact) mass is 356 g/mol. The zero-order chi connectivity index (χ0) is 14.6. The summed E-state index contributed by atoms with van der Waals surface area (Å²) in [5.41, 5.74) is 0. The summed E-state index contributed by atoms with van der Waals surface area (Å²) in [5, 5.41) is 2.92. The Labute approximate surface area is 125 Å². The third-order valence-corrected chi connectivity index (χ3v) is 4.23. The Bertz CT molecular complexity index is 689. The van der Waals surface area contributed by atoms with E-state index in [0.717, 1.165) is 4.47 Å². The van der Waals surface area contributed by atoms with Crippen molar-refractivity contribution in [2.75, 3.05) is 16.6 Å². The Kier molecular flexibility index (Phi) is 4.56. The van der Waals surface area contributed by atoms with Crippen LogP contribution in [0.15, 0.2) is 46.0 Å². The van der Waals surface area contributed by atoms with Crippen LogP contribution in [0.25, 0.3) is 0 Å². The molecule has 8 heteroatoms. The van der Waals surface area contributed by atoms with Gasteiger partial charge in [-0.1, -0.05) is 0 Å². The summed E-state index contributed by atoms with van der Waals surface area (Å²) in [5.74, 6) is 0.569. The van der Waals surface area contributed by atoms with Crippen LogP contribution in [0.1, 0.15) is 6.92 Å². The van der Waals surface area contributed by atoms with Crippen LogP contribution in [0.2, 0.25) is 0 Å². The van der Waals surface area contributed by atoms with Crippen LogP contribution in [-0.2, 0) is 10.0 Å². The van der Waals surface area contributed by atoms with Crippen LogP contribution in [0, 0.1) is 0 Å². The molecule has 0 aromatic carbocycles. The molecular formula is C12H13BrN4O2S. The van der Waals surface area contributed by atoms with Gasteiger partial charge in [-0.25, -0.2) is 18.4 Å². The quantitative estimate of drug-likeness (QED) is 0.859. The number of nitrogens with one attached hydrogen (secondary N) is 2. The molecule has 0 saturated heterocycles. The summed E-state index contributed by atoms with van der Waals surface area (Å²) in [7, 11) is -3.73. The molecule has 20 heavy (non-hydrogen) atoms. The number of nitrogens with zero attached hydrogens (tertiary/aromatic N) is 2. The number of hydrogen-bond acceptors (Lipinski definition) is 5. The van der Waals surface area contributed by atoms with E-state index in [1.165, 1.54) is 18.5 Å². The maximum atomic E-state index is 12.3. The van der Waals surface area contributed by atoms with Crippen LogP contribution in [-0.4, -0.2) is 24.9 Å². The first kappa shape index (κ1) is 14.7. The average molecular weight is 357 g/mol. The lowest BCUT2D eigenvalue weighted by molar-refractivity contribution is 0.601. The summed E-state index contributed by atoms with van der Waals surface area (Å²) in [6.45, 7) is 2.45.